The van der Waals surface area contributed by atoms with Crippen molar-refractivity contribution in [3.05, 3.63) is 109 Å². The molecule has 0 saturated heterocycles. The number of hydrogen-bond acceptors (Lipinski definition) is 1. The second kappa shape index (κ2) is 7.21. The predicted octanol–water partition coefficient (Wildman–Crippen LogP) is 8.16. The van der Waals surface area contributed by atoms with E-state index in [9.17, 15) is 0 Å². The summed E-state index contributed by atoms with van der Waals surface area (Å²) in [6.45, 7) is 6.13. The number of fused-ring (bicyclic) bond motifs is 8. The lowest BCUT2D eigenvalue weighted by Crippen LogP contribution is -1.97. The zero-order chi connectivity index (χ0) is 21.7. The van der Waals surface area contributed by atoms with Gasteiger partial charge < -0.3 is 0 Å². The van der Waals surface area contributed by atoms with Crippen LogP contribution in [0.2, 0.25) is 0 Å². The molecule has 0 N–H and O–H groups in total. The van der Waals surface area contributed by atoms with Crippen molar-refractivity contribution in [3.63, 3.8) is 0 Å². The Bertz CT molecular complexity index is 1690. The van der Waals surface area contributed by atoms with E-state index in [-0.39, 0.29) is 0 Å². The normalized spacial score (nSPS) is 11.9. The van der Waals surface area contributed by atoms with Gasteiger partial charge in [-0.25, -0.2) is 4.98 Å². The molecule has 0 spiro atoms. The summed E-state index contributed by atoms with van der Waals surface area (Å²) in [5.41, 5.74) is 4.64. The third-order valence-electron chi connectivity index (χ3n) is 6.29. The van der Waals surface area contributed by atoms with Crippen molar-refractivity contribution in [2.24, 2.45) is 0 Å². The van der Waals surface area contributed by atoms with Crippen LogP contribution in [0.4, 0.5) is 0 Å². The zero-order valence-corrected chi connectivity index (χ0v) is 17.9. The highest BCUT2D eigenvalue weighted by Gasteiger charge is 2.20. The summed E-state index contributed by atoms with van der Waals surface area (Å²) < 4.78 is 2.32. The maximum Gasteiger partial charge on any atom is 0.137 e. The fourth-order valence-electron chi connectivity index (χ4n) is 4.98. The van der Waals surface area contributed by atoms with E-state index in [1.54, 1.807) is 0 Å². The number of pyridine rings is 1. The van der Waals surface area contributed by atoms with Gasteiger partial charge in [-0.2, -0.15) is 0 Å². The van der Waals surface area contributed by atoms with Crippen LogP contribution in [0.15, 0.2) is 97.7 Å². The van der Waals surface area contributed by atoms with E-state index in [0.29, 0.717) is 0 Å². The minimum absolute atomic E-state index is 0.922. The third-order valence-corrected chi connectivity index (χ3v) is 6.29. The Labute approximate surface area is 186 Å². The molecule has 0 aliphatic rings. The van der Waals surface area contributed by atoms with Gasteiger partial charge in [0.05, 0.1) is 11.0 Å². The summed E-state index contributed by atoms with van der Waals surface area (Å²) in [6.07, 6.45) is 8.03. The van der Waals surface area contributed by atoms with Crippen LogP contribution >= 0.6 is 0 Å². The monoisotopic (exact) mass is 410 g/mol. The standard InChI is InChI=1S/C30H22N2/c1-3-11-21-19-27-26(18-20(21)4-2)29-24-14-7-5-12-22(24)23-13-6-8-15-25(23)30(29)32(27)28-16-9-10-17-31-28/h3-19H,2H2,1H3/b11-3-. The van der Waals surface area contributed by atoms with E-state index >= 15 is 0 Å². The van der Waals surface area contributed by atoms with Gasteiger partial charge in [-0.15, -0.1) is 0 Å². The quantitative estimate of drug-likeness (QED) is 0.269. The molecule has 2 aromatic heterocycles. The second-order valence-electron chi connectivity index (χ2n) is 8.04. The minimum Gasteiger partial charge on any atom is -0.293 e. The Hall–Kier alpha value is -4.17. The Balaban J connectivity index is 1.98. The first-order chi connectivity index (χ1) is 15.8. The van der Waals surface area contributed by atoms with Gasteiger partial charge in [0.1, 0.15) is 5.82 Å². The summed E-state index contributed by atoms with van der Waals surface area (Å²) in [4.78, 5) is 4.75. The van der Waals surface area contributed by atoms with Gasteiger partial charge in [0.2, 0.25) is 0 Å². The van der Waals surface area contributed by atoms with Crippen molar-refractivity contribution in [1.82, 2.24) is 9.55 Å². The average Bonchev–Trinajstić information content (AvgIpc) is 3.19. The van der Waals surface area contributed by atoms with Gasteiger partial charge in [-0.3, -0.25) is 4.57 Å². The van der Waals surface area contributed by atoms with E-state index < -0.39 is 0 Å². The van der Waals surface area contributed by atoms with Crippen molar-refractivity contribution in [3.8, 4) is 5.82 Å². The molecule has 4 aromatic carbocycles. The fraction of sp³-hybridized carbons (Fsp3) is 0.0333. The van der Waals surface area contributed by atoms with Gasteiger partial charge in [-0.1, -0.05) is 79.4 Å². The van der Waals surface area contributed by atoms with Gasteiger partial charge in [0.15, 0.2) is 0 Å². The number of benzene rings is 4. The van der Waals surface area contributed by atoms with Crippen molar-refractivity contribution < 1.29 is 0 Å². The highest BCUT2D eigenvalue weighted by atomic mass is 15.1. The summed E-state index contributed by atoms with van der Waals surface area (Å²) in [5, 5.41) is 7.50. The van der Waals surface area contributed by atoms with Crippen molar-refractivity contribution in [1.29, 1.82) is 0 Å². The molecular formula is C30H22N2. The van der Waals surface area contributed by atoms with E-state index in [1.165, 1.54) is 37.8 Å². The Kier molecular flexibility index (Phi) is 4.19. The zero-order valence-electron chi connectivity index (χ0n) is 17.9. The largest absolute Gasteiger partial charge is 0.293 e. The first kappa shape index (κ1) is 18.6. The molecule has 0 aliphatic heterocycles. The maximum absolute atomic E-state index is 4.75. The Morgan fingerprint density at radius 2 is 1.44 bits per heavy atom. The number of nitrogens with zero attached hydrogens (tertiary/aromatic N) is 2. The molecule has 6 aromatic rings. The average molecular weight is 411 g/mol. The summed E-state index contributed by atoms with van der Waals surface area (Å²) in [7, 11) is 0. The molecule has 0 bridgehead atoms. The third kappa shape index (κ3) is 2.56. The number of rotatable bonds is 3. The lowest BCUT2D eigenvalue weighted by atomic mass is 9.95. The van der Waals surface area contributed by atoms with Crippen LogP contribution in [0, 0.1) is 0 Å². The molecule has 0 unspecified atom stereocenters. The highest BCUT2D eigenvalue weighted by molar-refractivity contribution is 6.32. The fourth-order valence-corrected chi connectivity index (χ4v) is 4.98. The molecule has 0 radical (unpaired) electrons. The van der Waals surface area contributed by atoms with E-state index in [0.717, 1.165) is 22.5 Å². The number of allylic oxidation sites excluding steroid dienone is 1. The Morgan fingerprint density at radius 1 is 0.750 bits per heavy atom. The molecule has 2 nitrogen and oxygen atoms in total. The lowest BCUT2D eigenvalue weighted by Gasteiger charge is -2.11. The van der Waals surface area contributed by atoms with Crippen LogP contribution in [0.25, 0.3) is 61.3 Å². The highest BCUT2D eigenvalue weighted by Crippen LogP contribution is 2.42. The molecule has 0 atom stereocenters. The second-order valence-corrected chi connectivity index (χ2v) is 8.04. The van der Waals surface area contributed by atoms with E-state index in [4.69, 9.17) is 4.98 Å². The van der Waals surface area contributed by atoms with Crippen molar-refractivity contribution in [2.75, 3.05) is 0 Å². The molecule has 32 heavy (non-hydrogen) atoms. The lowest BCUT2D eigenvalue weighted by molar-refractivity contribution is 1.08. The van der Waals surface area contributed by atoms with E-state index in [2.05, 4.69) is 90.0 Å². The molecule has 6 rings (SSSR count). The summed E-state index contributed by atoms with van der Waals surface area (Å²) in [6, 6.07) is 28.0. The SMILES string of the molecule is C=Cc1cc2c3c4ccccc4c4ccccc4c3n(-c3ccccn3)c2cc1/C=C\C. The van der Waals surface area contributed by atoms with Crippen molar-refractivity contribution in [2.45, 2.75) is 6.92 Å². The predicted molar refractivity (Wildman–Crippen MR) is 138 cm³/mol. The van der Waals surface area contributed by atoms with Gasteiger partial charge in [0, 0.05) is 22.4 Å². The molecule has 152 valence electrons. The number of hydrogen-bond donors (Lipinski definition) is 0. The van der Waals surface area contributed by atoms with Gasteiger partial charge in [-0.05, 0) is 58.5 Å². The van der Waals surface area contributed by atoms with Crippen LogP contribution < -0.4 is 0 Å². The number of aromatic nitrogens is 2. The molecular weight excluding hydrogens is 388 g/mol. The molecule has 0 fully saturated rings. The van der Waals surface area contributed by atoms with Gasteiger partial charge >= 0.3 is 0 Å². The molecule has 0 aliphatic carbocycles. The first-order valence-electron chi connectivity index (χ1n) is 10.9. The van der Waals surface area contributed by atoms with Crippen molar-refractivity contribution >= 4 is 55.5 Å². The Morgan fingerprint density at radius 3 is 2.12 bits per heavy atom. The van der Waals surface area contributed by atoms with Crippen LogP contribution in [0.5, 0.6) is 0 Å². The first-order valence-corrected chi connectivity index (χ1v) is 10.9. The molecule has 2 heteroatoms. The van der Waals surface area contributed by atoms with Crippen LogP contribution in [-0.2, 0) is 0 Å². The van der Waals surface area contributed by atoms with Crippen LogP contribution in [0.3, 0.4) is 0 Å². The smallest absolute Gasteiger partial charge is 0.137 e. The van der Waals surface area contributed by atoms with Crippen LogP contribution in [-0.4, -0.2) is 9.55 Å². The molecule has 2 heterocycles. The maximum atomic E-state index is 4.75. The summed E-state index contributed by atoms with van der Waals surface area (Å²) in [5.74, 6) is 0.922. The molecule has 0 amide bonds. The van der Waals surface area contributed by atoms with Gasteiger partial charge in [0.25, 0.3) is 0 Å². The molecule has 0 saturated carbocycles. The topological polar surface area (TPSA) is 17.8 Å². The van der Waals surface area contributed by atoms with Crippen LogP contribution in [0.1, 0.15) is 18.1 Å². The summed E-state index contributed by atoms with van der Waals surface area (Å²) >= 11 is 0. The van der Waals surface area contributed by atoms with E-state index in [1.807, 2.05) is 31.3 Å². The minimum atomic E-state index is 0.922.